The summed E-state index contributed by atoms with van der Waals surface area (Å²) >= 11 is 0. The van der Waals surface area contributed by atoms with Crippen molar-refractivity contribution in [2.45, 2.75) is 39.3 Å². The van der Waals surface area contributed by atoms with E-state index in [4.69, 9.17) is 9.47 Å². The van der Waals surface area contributed by atoms with Crippen molar-refractivity contribution in [1.82, 2.24) is 14.9 Å². The van der Waals surface area contributed by atoms with Gasteiger partial charge >= 0.3 is 0 Å². The number of carbonyl (C=O) groups excluding carboxylic acids is 1. The predicted molar refractivity (Wildman–Crippen MR) is 96.4 cm³/mol. The minimum Gasteiger partial charge on any atom is -0.497 e. The van der Waals surface area contributed by atoms with Crippen LogP contribution in [-0.2, 0) is 23.1 Å². The van der Waals surface area contributed by atoms with Crippen molar-refractivity contribution in [3.05, 3.63) is 24.0 Å². The minimum atomic E-state index is -0.0801. The van der Waals surface area contributed by atoms with Crippen LogP contribution in [0.15, 0.2) is 18.2 Å². The number of hydrogen-bond donors (Lipinski definition) is 1. The number of amides is 1. The lowest BCUT2D eigenvalue weighted by Crippen LogP contribution is -2.43. The Morgan fingerprint density at radius 2 is 2.28 bits per heavy atom. The maximum atomic E-state index is 12.7. The first-order chi connectivity index (χ1) is 12.0. The Morgan fingerprint density at radius 1 is 1.48 bits per heavy atom. The van der Waals surface area contributed by atoms with Crippen molar-refractivity contribution in [3.8, 4) is 5.75 Å². The van der Waals surface area contributed by atoms with E-state index in [0.29, 0.717) is 12.5 Å². The van der Waals surface area contributed by atoms with Crippen LogP contribution in [-0.4, -0.2) is 35.3 Å². The minimum absolute atomic E-state index is 0.00143. The Bertz CT molecular complexity index is 754. The molecule has 0 saturated carbocycles. The number of fused-ring (bicyclic) bond motifs is 1. The van der Waals surface area contributed by atoms with Gasteiger partial charge in [0.15, 0.2) is 0 Å². The summed E-state index contributed by atoms with van der Waals surface area (Å²) < 4.78 is 13.1. The number of benzene rings is 1. The molecule has 1 fully saturated rings. The zero-order valence-corrected chi connectivity index (χ0v) is 15.4. The molecule has 1 aliphatic heterocycles. The summed E-state index contributed by atoms with van der Waals surface area (Å²) in [5, 5.41) is 3.05. The van der Waals surface area contributed by atoms with Crippen LogP contribution < -0.4 is 10.1 Å². The predicted octanol–water partition coefficient (Wildman–Crippen LogP) is 2.65. The topological polar surface area (TPSA) is 65.4 Å². The number of aromatic nitrogens is 2. The molecule has 1 aromatic carbocycles. The van der Waals surface area contributed by atoms with Crippen molar-refractivity contribution in [3.63, 3.8) is 0 Å². The summed E-state index contributed by atoms with van der Waals surface area (Å²) in [7, 11) is 3.60. The highest BCUT2D eigenvalue weighted by atomic mass is 16.5. The van der Waals surface area contributed by atoms with Gasteiger partial charge in [-0.2, -0.15) is 0 Å². The molecule has 2 aromatic rings. The fourth-order valence-electron chi connectivity index (χ4n) is 3.55. The van der Waals surface area contributed by atoms with Crippen LogP contribution in [0.3, 0.4) is 0 Å². The molecule has 0 spiro atoms. The van der Waals surface area contributed by atoms with Gasteiger partial charge in [0, 0.05) is 19.7 Å². The molecule has 6 nitrogen and oxygen atoms in total. The molecular weight excluding hydrogens is 318 g/mol. The van der Waals surface area contributed by atoms with Gasteiger partial charge in [-0.3, -0.25) is 4.79 Å². The SMILES string of the molecule is COc1ccc2c(c1)nc(CNC(=O)[C@@H]1CCCO[C@@H]1C(C)C)n2C. The van der Waals surface area contributed by atoms with E-state index >= 15 is 0 Å². The van der Waals surface area contributed by atoms with Crippen molar-refractivity contribution in [2.75, 3.05) is 13.7 Å². The monoisotopic (exact) mass is 345 g/mol. The summed E-state index contributed by atoms with van der Waals surface area (Å²) in [6, 6.07) is 5.81. The van der Waals surface area contributed by atoms with Gasteiger partial charge in [-0.05, 0) is 30.9 Å². The van der Waals surface area contributed by atoms with E-state index in [9.17, 15) is 4.79 Å². The Kier molecular flexibility index (Phi) is 5.27. The van der Waals surface area contributed by atoms with Crippen LogP contribution in [0.1, 0.15) is 32.5 Å². The van der Waals surface area contributed by atoms with Gasteiger partial charge in [-0.1, -0.05) is 13.8 Å². The standard InChI is InChI=1S/C19H27N3O3/c1-12(2)18-14(6-5-9-25-18)19(23)20-11-17-21-15-10-13(24-4)7-8-16(15)22(17)3/h7-8,10,12,14,18H,5-6,9,11H2,1-4H3,(H,20,23)/t14-,18-/m1/s1. The lowest BCUT2D eigenvalue weighted by atomic mass is 9.87. The number of nitrogens with zero attached hydrogens (tertiary/aromatic N) is 2. The van der Waals surface area contributed by atoms with E-state index in [1.165, 1.54) is 0 Å². The third-order valence-electron chi connectivity index (χ3n) is 4.96. The second-order valence-electron chi connectivity index (χ2n) is 6.99. The molecule has 0 unspecified atom stereocenters. The second-order valence-corrected chi connectivity index (χ2v) is 6.99. The van der Waals surface area contributed by atoms with Crippen LogP contribution in [0.5, 0.6) is 5.75 Å². The number of imidazole rings is 1. The van der Waals surface area contributed by atoms with Gasteiger partial charge in [0.25, 0.3) is 0 Å². The van der Waals surface area contributed by atoms with Crippen molar-refractivity contribution in [1.29, 1.82) is 0 Å². The molecule has 3 rings (SSSR count). The molecule has 25 heavy (non-hydrogen) atoms. The molecule has 0 aliphatic carbocycles. The summed E-state index contributed by atoms with van der Waals surface area (Å²) in [6.45, 7) is 5.37. The molecule has 0 bridgehead atoms. The van der Waals surface area contributed by atoms with Gasteiger partial charge in [-0.15, -0.1) is 0 Å². The van der Waals surface area contributed by atoms with Crippen molar-refractivity contribution >= 4 is 16.9 Å². The molecule has 1 saturated heterocycles. The molecule has 2 heterocycles. The maximum Gasteiger partial charge on any atom is 0.226 e. The Balaban J connectivity index is 1.71. The van der Waals surface area contributed by atoms with E-state index in [1.807, 2.05) is 29.8 Å². The lowest BCUT2D eigenvalue weighted by molar-refractivity contribution is -0.137. The van der Waals surface area contributed by atoms with E-state index in [1.54, 1.807) is 7.11 Å². The third kappa shape index (κ3) is 3.63. The summed E-state index contributed by atoms with van der Waals surface area (Å²) in [5.74, 6) is 1.92. The first-order valence-corrected chi connectivity index (χ1v) is 8.90. The highest BCUT2D eigenvalue weighted by Gasteiger charge is 2.33. The van der Waals surface area contributed by atoms with Gasteiger partial charge in [0.2, 0.25) is 5.91 Å². The van der Waals surface area contributed by atoms with E-state index in [0.717, 1.165) is 42.1 Å². The Morgan fingerprint density at radius 3 is 3.00 bits per heavy atom. The average molecular weight is 345 g/mol. The summed E-state index contributed by atoms with van der Waals surface area (Å²) in [4.78, 5) is 17.3. The second kappa shape index (κ2) is 7.44. The molecule has 1 N–H and O–H groups in total. The van der Waals surface area contributed by atoms with Crippen LogP contribution >= 0.6 is 0 Å². The molecule has 1 aromatic heterocycles. The number of carbonyl (C=O) groups is 1. The Labute approximate surface area is 148 Å². The molecular formula is C19H27N3O3. The van der Waals surface area contributed by atoms with Crippen LogP contribution in [0.4, 0.5) is 0 Å². The number of rotatable bonds is 5. The average Bonchev–Trinajstić information content (AvgIpc) is 2.94. The van der Waals surface area contributed by atoms with E-state index in [-0.39, 0.29) is 17.9 Å². The van der Waals surface area contributed by atoms with E-state index in [2.05, 4.69) is 24.1 Å². The largest absolute Gasteiger partial charge is 0.497 e. The smallest absolute Gasteiger partial charge is 0.226 e. The van der Waals surface area contributed by atoms with Gasteiger partial charge in [0.1, 0.15) is 11.6 Å². The Hall–Kier alpha value is -2.08. The number of nitrogens with one attached hydrogen (secondary N) is 1. The van der Waals surface area contributed by atoms with Gasteiger partial charge < -0.3 is 19.4 Å². The summed E-state index contributed by atoms with van der Waals surface area (Å²) in [5.41, 5.74) is 1.89. The highest BCUT2D eigenvalue weighted by molar-refractivity contribution is 5.80. The van der Waals surface area contributed by atoms with Gasteiger partial charge in [-0.25, -0.2) is 4.98 Å². The molecule has 6 heteroatoms. The fraction of sp³-hybridized carbons (Fsp3) is 0.579. The maximum absolute atomic E-state index is 12.7. The molecule has 1 amide bonds. The molecule has 0 radical (unpaired) electrons. The van der Waals surface area contributed by atoms with E-state index < -0.39 is 0 Å². The zero-order chi connectivity index (χ0) is 18.0. The number of hydrogen-bond acceptors (Lipinski definition) is 4. The molecule has 1 aliphatic rings. The van der Waals surface area contributed by atoms with Gasteiger partial charge in [0.05, 0.1) is 36.7 Å². The number of ether oxygens (including phenoxy) is 2. The number of aryl methyl sites for hydroxylation is 1. The quantitative estimate of drug-likeness (QED) is 0.905. The highest BCUT2D eigenvalue weighted by Crippen LogP contribution is 2.27. The van der Waals surface area contributed by atoms with Crippen LogP contribution in [0.25, 0.3) is 11.0 Å². The third-order valence-corrected chi connectivity index (χ3v) is 4.96. The molecule has 2 atom stereocenters. The fourth-order valence-corrected chi connectivity index (χ4v) is 3.55. The normalized spacial score (nSPS) is 20.8. The lowest BCUT2D eigenvalue weighted by Gasteiger charge is -2.33. The zero-order valence-electron chi connectivity index (χ0n) is 15.4. The first-order valence-electron chi connectivity index (χ1n) is 8.90. The molecule has 136 valence electrons. The van der Waals surface area contributed by atoms with Crippen LogP contribution in [0.2, 0.25) is 0 Å². The summed E-state index contributed by atoms with van der Waals surface area (Å²) in [6.07, 6.45) is 1.82. The first kappa shape index (κ1) is 17.7. The number of methoxy groups -OCH3 is 1. The van der Waals surface area contributed by atoms with Crippen molar-refractivity contribution < 1.29 is 14.3 Å². The van der Waals surface area contributed by atoms with Crippen molar-refractivity contribution in [2.24, 2.45) is 18.9 Å². The van der Waals surface area contributed by atoms with Crippen LogP contribution in [0, 0.1) is 11.8 Å².